The van der Waals surface area contributed by atoms with Gasteiger partial charge in [0.1, 0.15) is 17.2 Å². The smallest absolute Gasteiger partial charge is 0.410 e. The quantitative estimate of drug-likeness (QED) is 0.771. The van der Waals surface area contributed by atoms with Crippen LogP contribution < -0.4 is 0 Å². The Morgan fingerprint density at radius 3 is 1.60 bits per heavy atom. The second-order valence-electron chi connectivity index (χ2n) is 7.30. The zero-order valence-corrected chi connectivity index (χ0v) is 12.5. The number of ether oxygens (including phenoxy) is 1. The molecule has 0 aromatic carbocycles. The van der Waals surface area contributed by atoms with Gasteiger partial charge in [0, 0.05) is 23.9 Å². The maximum atomic E-state index is 12.4. The van der Waals surface area contributed by atoms with Crippen LogP contribution in [0.2, 0.25) is 0 Å². The van der Waals surface area contributed by atoms with Gasteiger partial charge in [-0.25, -0.2) is 4.79 Å². The van der Waals surface area contributed by atoms with E-state index in [-0.39, 0.29) is 53.4 Å². The molecule has 0 spiro atoms. The Morgan fingerprint density at radius 2 is 1.30 bits per heavy atom. The van der Waals surface area contributed by atoms with Gasteiger partial charge in [0.15, 0.2) is 0 Å². The normalized spacial score (nSPS) is 40.8. The molecular formula is C15H21NO4. The number of rotatable bonds is 2. The fourth-order valence-electron chi connectivity index (χ4n) is 4.07. The highest BCUT2D eigenvalue weighted by molar-refractivity contribution is 5.90. The molecule has 3 aliphatic rings. The Labute approximate surface area is 118 Å². The van der Waals surface area contributed by atoms with Crippen molar-refractivity contribution in [2.24, 2.45) is 23.7 Å². The van der Waals surface area contributed by atoms with E-state index in [4.69, 9.17) is 4.74 Å². The third kappa shape index (κ3) is 1.79. The molecule has 2 aliphatic carbocycles. The molecule has 0 bridgehead atoms. The molecule has 5 heteroatoms. The van der Waals surface area contributed by atoms with Crippen LogP contribution in [-0.4, -0.2) is 40.2 Å². The Morgan fingerprint density at radius 1 is 0.900 bits per heavy atom. The summed E-state index contributed by atoms with van der Waals surface area (Å²) in [7, 11) is 0. The number of likely N-dealkylation sites (tertiary alicyclic amines) is 1. The predicted molar refractivity (Wildman–Crippen MR) is 71.0 cm³/mol. The zero-order valence-electron chi connectivity index (χ0n) is 12.5. The lowest BCUT2D eigenvalue weighted by Gasteiger charge is -2.27. The summed E-state index contributed by atoms with van der Waals surface area (Å²) in [6.45, 7) is 8.59. The molecule has 0 aromatic rings. The second-order valence-corrected chi connectivity index (χ2v) is 7.30. The van der Waals surface area contributed by atoms with Crippen molar-refractivity contribution >= 4 is 17.7 Å². The maximum Gasteiger partial charge on any atom is 0.410 e. The minimum atomic E-state index is -0.564. The molecule has 20 heavy (non-hydrogen) atoms. The van der Waals surface area contributed by atoms with Gasteiger partial charge < -0.3 is 9.64 Å². The van der Waals surface area contributed by atoms with Gasteiger partial charge >= 0.3 is 6.09 Å². The van der Waals surface area contributed by atoms with Crippen molar-refractivity contribution in [2.45, 2.75) is 52.3 Å². The summed E-state index contributed by atoms with van der Waals surface area (Å²) in [5.74, 6) is 0.404. The fourth-order valence-corrected chi connectivity index (χ4v) is 4.07. The van der Waals surface area contributed by atoms with Crippen LogP contribution in [0, 0.1) is 23.7 Å². The van der Waals surface area contributed by atoms with Crippen LogP contribution >= 0.6 is 0 Å². The number of carbonyl (C=O) groups excluding carboxylic acids is 3. The van der Waals surface area contributed by atoms with Gasteiger partial charge in [-0.15, -0.1) is 0 Å². The number of carbonyl (C=O) groups is 3. The highest BCUT2D eigenvalue weighted by Gasteiger charge is 2.80. The van der Waals surface area contributed by atoms with Crippen molar-refractivity contribution in [1.29, 1.82) is 0 Å². The van der Waals surface area contributed by atoms with E-state index < -0.39 is 5.60 Å². The Balaban J connectivity index is 1.81. The van der Waals surface area contributed by atoms with Crippen LogP contribution in [0.15, 0.2) is 0 Å². The summed E-state index contributed by atoms with van der Waals surface area (Å²) in [5.41, 5.74) is -0.564. The van der Waals surface area contributed by atoms with Crippen molar-refractivity contribution in [3.63, 3.8) is 0 Å². The van der Waals surface area contributed by atoms with Gasteiger partial charge in [-0.05, 0) is 46.5 Å². The lowest BCUT2D eigenvalue weighted by molar-refractivity contribution is -0.120. The van der Waals surface area contributed by atoms with Gasteiger partial charge in [0.2, 0.25) is 0 Å². The van der Waals surface area contributed by atoms with E-state index in [2.05, 4.69) is 0 Å². The molecule has 0 aromatic heterocycles. The van der Waals surface area contributed by atoms with Gasteiger partial charge in [0.25, 0.3) is 0 Å². The van der Waals surface area contributed by atoms with Gasteiger partial charge in [-0.3, -0.25) is 9.59 Å². The summed E-state index contributed by atoms with van der Waals surface area (Å²) in [5, 5.41) is 0. The summed E-state index contributed by atoms with van der Waals surface area (Å²) in [6.07, 6.45) is -0.382. The number of piperidine rings is 2. The first-order chi connectivity index (χ1) is 9.15. The standard InChI is InChI=1S/C15H21NO4/c1-6(17)8-10-11-9(7(2)18)13(11)16(12(8)10)14(19)20-15(3,4)5/h8-13H,1-5H3/t8-,9-,10+,11+,12+,13+/m1/s1. The number of nitrogens with zero attached hydrogens (tertiary/aromatic N) is 1. The van der Waals surface area contributed by atoms with Crippen molar-refractivity contribution in [1.82, 2.24) is 4.90 Å². The molecule has 3 fully saturated rings. The van der Waals surface area contributed by atoms with E-state index in [0.29, 0.717) is 0 Å². The molecule has 1 saturated heterocycles. The number of ketones is 2. The van der Waals surface area contributed by atoms with Crippen molar-refractivity contribution in [3.05, 3.63) is 0 Å². The third-order valence-electron chi connectivity index (χ3n) is 4.70. The van der Waals surface area contributed by atoms with Crippen LogP contribution in [0.5, 0.6) is 0 Å². The van der Waals surface area contributed by atoms with E-state index in [1.54, 1.807) is 18.7 Å². The predicted octanol–water partition coefficient (Wildman–Crippen LogP) is 1.64. The SMILES string of the molecule is CC(=O)[C@@H]1[C@H]2[C@@H]3[C@@H](C(C)=O)[C@@H]3N(C(=O)OC(C)(C)C)[C@@H]12. The molecular weight excluding hydrogens is 258 g/mol. The molecule has 2 saturated carbocycles. The van der Waals surface area contributed by atoms with E-state index in [1.165, 1.54) is 0 Å². The molecule has 6 atom stereocenters. The molecule has 0 unspecified atom stereocenters. The Hall–Kier alpha value is -1.39. The maximum absolute atomic E-state index is 12.4. The highest BCUT2D eigenvalue weighted by Crippen LogP contribution is 2.69. The highest BCUT2D eigenvalue weighted by atomic mass is 16.6. The average molecular weight is 279 g/mol. The van der Waals surface area contributed by atoms with E-state index >= 15 is 0 Å². The lowest BCUT2D eigenvalue weighted by Crippen LogP contribution is -2.41. The van der Waals surface area contributed by atoms with Crippen LogP contribution in [0.25, 0.3) is 0 Å². The number of amides is 1. The average Bonchev–Trinajstić information content (AvgIpc) is 3.09. The third-order valence-corrected chi connectivity index (χ3v) is 4.70. The minimum Gasteiger partial charge on any atom is -0.444 e. The molecule has 1 aliphatic heterocycles. The van der Waals surface area contributed by atoms with Crippen LogP contribution in [0.1, 0.15) is 34.6 Å². The first kappa shape index (κ1) is 13.6. The molecule has 5 nitrogen and oxygen atoms in total. The first-order valence-electron chi connectivity index (χ1n) is 7.17. The molecule has 0 radical (unpaired) electrons. The summed E-state index contributed by atoms with van der Waals surface area (Å²) < 4.78 is 5.44. The van der Waals surface area contributed by atoms with E-state index in [9.17, 15) is 14.4 Å². The summed E-state index contributed by atoms with van der Waals surface area (Å²) in [6, 6.07) is -0.0686. The second kappa shape index (κ2) is 3.83. The van der Waals surface area contributed by atoms with Crippen LogP contribution in [0.3, 0.4) is 0 Å². The monoisotopic (exact) mass is 279 g/mol. The molecule has 3 rings (SSSR count). The van der Waals surface area contributed by atoms with Crippen molar-refractivity contribution in [3.8, 4) is 0 Å². The van der Waals surface area contributed by atoms with Gasteiger partial charge in [-0.2, -0.15) is 0 Å². The number of hydrogen-bond donors (Lipinski definition) is 0. The minimum absolute atomic E-state index is 0.0343. The van der Waals surface area contributed by atoms with E-state index in [0.717, 1.165) is 0 Å². The lowest BCUT2D eigenvalue weighted by atomic mass is 10.1. The summed E-state index contributed by atoms with van der Waals surface area (Å²) >= 11 is 0. The van der Waals surface area contributed by atoms with Gasteiger partial charge in [-0.1, -0.05) is 0 Å². The summed E-state index contributed by atoms with van der Waals surface area (Å²) in [4.78, 5) is 37.3. The van der Waals surface area contributed by atoms with Crippen molar-refractivity contribution < 1.29 is 19.1 Å². The largest absolute Gasteiger partial charge is 0.444 e. The number of hydrogen-bond acceptors (Lipinski definition) is 4. The molecule has 110 valence electrons. The first-order valence-corrected chi connectivity index (χ1v) is 7.17. The van der Waals surface area contributed by atoms with Crippen LogP contribution in [-0.2, 0) is 14.3 Å². The Bertz CT molecular complexity index is 474. The fraction of sp³-hybridized carbons (Fsp3) is 0.800. The van der Waals surface area contributed by atoms with Crippen LogP contribution in [0.4, 0.5) is 4.79 Å². The molecule has 0 N–H and O–H groups in total. The zero-order chi connectivity index (χ0) is 15.0. The van der Waals surface area contributed by atoms with E-state index in [1.807, 2.05) is 20.8 Å². The van der Waals surface area contributed by atoms with Crippen molar-refractivity contribution in [2.75, 3.05) is 0 Å². The molecule has 1 heterocycles. The Kier molecular flexibility index (Phi) is 2.60. The number of Topliss-reactive ketones (excluding diaryl/α,β-unsaturated/α-hetero) is 2. The van der Waals surface area contributed by atoms with Gasteiger partial charge in [0.05, 0.1) is 0 Å². The molecule has 1 amide bonds. The topological polar surface area (TPSA) is 63.7 Å². The number of fused-ring (bicyclic) bond motifs is 3.